The maximum atomic E-state index is 14.7. The minimum absolute atomic E-state index is 0.0372. The van der Waals surface area contributed by atoms with Crippen molar-refractivity contribution in [3.63, 3.8) is 0 Å². The van der Waals surface area contributed by atoms with E-state index in [1.165, 1.54) is 29.3 Å². The summed E-state index contributed by atoms with van der Waals surface area (Å²) in [6, 6.07) is 15.6. The number of halogens is 2. The molecule has 0 aromatic heterocycles. The van der Waals surface area contributed by atoms with Crippen LogP contribution in [0.15, 0.2) is 48.5 Å². The Morgan fingerprint density at radius 1 is 0.880 bits per heavy atom. The smallest absolute Gasteiger partial charge is 0.141 e. The minimum Gasteiger partial charge on any atom is -0.206 e. The normalized spacial score (nSPS) is 11.8. The van der Waals surface area contributed by atoms with Gasteiger partial charge >= 0.3 is 0 Å². The van der Waals surface area contributed by atoms with Crippen LogP contribution in [0.2, 0.25) is 0 Å². The van der Waals surface area contributed by atoms with Gasteiger partial charge in [-0.2, -0.15) is 5.26 Å². The van der Waals surface area contributed by atoms with Crippen molar-refractivity contribution >= 4 is 0 Å². The maximum absolute atomic E-state index is 14.7. The molecule has 3 aromatic rings. The molecular weight excluding hydrogens is 316 g/mol. The van der Waals surface area contributed by atoms with Gasteiger partial charge in [0, 0.05) is 5.56 Å². The third-order valence-electron chi connectivity index (χ3n) is 4.84. The van der Waals surface area contributed by atoms with E-state index in [9.17, 15) is 8.78 Å². The van der Waals surface area contributed by atoms with E-state index < -0.39 is 5.82 Å². The molecule has 0 N–H and O–H groups in total. The van der Waals surface area contributed by atoms with Gasteiger partial charge in [0.2, 0.25) is 0 Å². The largest absolute Gasteiger partial charge is 0.206 e. The predicted octanol–water partition coefficient (Wildman–Crippen LogP) is 5.64. The molecule has 0 unspecified atom stereocenters. The standard InChI is InChI=1S/C22H15F2N/c1-2-13-3-6-18-16(7-13)8-17-9-20(22(24)11-19(17)18)14-4-5-15(12-25)21(23)10-14/h3-7,9-11H,2,8H2,1H3. The fourth-order valence-electron chi connectivity index (χ4n) is 3.49. The first kappa shape index (κ1) is 15.5. The van der Waals surface area contributed by atoms with E-state index in [1.54, 1.807) is 18.2 Å². The Kier molecular flexibility index (Phi) is 3.62. The second-order valence-electron chi connectivity index (χ2n) is 6.32. The second kappa shape index (κ2) is 5.82. The van der Waals surface area contributed by atoms with E-state index in [-0.39, 0.29) is 11.4 Å². The topological polar surface area (TPSA) is 23.8 Å². The van der Waals surface area contributed by atoms with Crippen molar-refractivity contribution in [1.29, 1.82) is 5.26 Å². The molecule has 0 aliphatic heterocycles. The SMILES string of the molecule is CCc1ccc2c(c1)Cc1cc(-c3ccc(C#N)c(F)c3)c(F)cc1-2. The average Bonchev–Trinajstić information content (AvgIpc) is 2.97. The first-order valence-electron chi connectivity index (χ1n) is 8.25. The molecule has 0 saturated carbocycles. The van der Waals surface area contributed by atoms with Crippen molar-refractivity contribution in [2.75, 3.05) is 0 Å². The molecule has 0 heterocycles. The van der Waals surface area contributed by atoms with Crippen LogP contribution >= 0.6 is 0 Å². The van der Waals surface area contributed by atoms with Crippen LogP contribution < -0.4 is 0 Å². The highest BCUT2D eigenvalue weighted by Gasteiger charge is 2.22. The van der Waals surface area contributed by atoms with Crippen LogP contribution in [-0.4, -0.2) is 0 Å². The summed E-state index contributed by atoms with van der Waals surface area (Å²) in [6.45, 7) is 2.11. The van der Waals surface area contributed by atoms with Crippen molar-refractivity contribution < 1.29 is 8.78 Å². The summed E-state index contributed by atoms with van der Waals surface area (Å²) >= 11 is 0. The number of nitriles is 1. The zero-order valence-electron chi connectivity index (χ0n) is 13.7. The number of fused-ring (bicyclic) bond motifs is 3. The highest BCUT2D eigenvalue weighted by atomic mass is 19.1. The van der Waals surface area contributed by atoms with Crippen LogP contribution in [0.1, 0.15) is 29.2 Å². The van der Waals surface area contributed by atoms with Gasteiger partial charge in [0.1, 0.15) is 17.7 Å². The van der Waals surface area contributed by atoms with Crippen molar-refractivity contribution in [2.24, 2.45) is 0 Å². The van der Waals surface area contributed by atoms with Gasteiger partial charge in [-0.1, -0.05) is 31.2 Å². The highest BCUT2D eigenvalue weighted by Crippen LogP contribution is 2.40. The molecule has 0 saturated heterocycles. The second-order valence-corrected chi connectivity index (χ2v) is 6.32. The summed E-state index contributed by atoms with van der Waals surface area (Å²) in [5.41, 5.74) is 6.27. The molecule has 4 rings (SSSR count). The number of hydrogen-bond acceptors (Lipinski definition) is 1. The zero-order chi connectivity index (χ0) is 17.6. The summed E-state index contributed by atoms with van der Waals surface area (Å²) < 4.78 is 28.6. The summed E-state index contributed by atoms with van der Waals surface area (Å²) in [7, 11) is 0. The quantitative estimate of drug-likeness (QED) is 0.466. The molecule has 0 atom stereocenters. The van der Waals surface area contributed by atoms with Crippen molar-refractivity contribution in [3.8, 4) is 28.3 Å². The summed E-state index contributed by atoms with van der Waals surface area (Å²) in [4.78, 5) is 0. The van der Waals surface area contributed by atoms with Crippen LogP contribution in [0, 0.1) is 23.0 Å². The summed E-state index contributed by atoms with van der Waals surface area (Å²) in [5, 5.41) is 8.84. The Hall–Kier alpha value is -2.99. The van der Waals surface area contributed by atoms with Gasteiger partial charge in [-0.3, -0.25) is 0 Å². The molecule has 25 heavy (non-hydrogen) atoms. The maximum Gasteiger partial charge on any atom is 0.141 e. The predicted molar refractivity (Wildman–Crippen MR) is 94.1 cm³/mol. The number of aryl methyl sites for hydroxylation is 1. The molecule has 0 bridgehead atoms. The van der Waals surface area contributed by atoms with Crippen LogP contribution in [0.25, 0.3) is 22.3 Å². The van der Waals surface area contributed by atoms with E-state index in [2.05, 4.69) is 25.1 Å². The van der Waals surface area contributed by atoms with Gasteiger partial charge in [-0.05, 0) is 70.5 Å². The van der Waals surface area contributed by atoms with E-state index >= 15 is 0 Å². The molecule has 3 aromatic carbocycles. The van der Waals surface area contributed by atoms with Crippen molar-refractivity contribution in [3.05, 3.63) is 82.4 Å². The van der Waals surface area contributed by atoms with Gasteiger partial charge < -0.3 is 0 Å². The number of nitrogens with zero attached hydrogens (tertiary/aromatic N) is 1. The molecule has 0 amide bonds. The Morgan fingerprint density at radius 2 is 1.68 bits per heavy atom. The Morgan fingerprint density at radius 3 is 2.40 bits per heavy atom. The fraction of sp³-hybridized carbons (Fsp3) is 0.136. The fourth-order valence-corrected chi connectivity index (χ4v) is 3.49. The van der Waals surface area contributed by atoms with Gasteiger partial charge in [0.25, 0.3) is 0 Å². The molecule has 3 heteroatoms. The monoisotopic (exact) mass is 331 g/mol. The number of benzene rings is 3. The van der Waals surface area contributed by atoms with Gasteiger partial charge in [-0.25, -0.2) is 8.78 Å². The lowest BCUT2D eigenvalue weighted by molar-refractivity contribution is 0.622. The lowest BCUT2D eigenvalue weighted by atomic mass is 9.97. The van der Waals surface area contributed by atoms with Gasteiger partial charge in [0.15, 0.2) is 0 Å². The Balaban J connectivity index is 1.81. The first-order valence-corrected chi connectivity index (χ1v) is 8.25. The van der Waals surface area contributed by atoms with E-state index in [0.29, 0.717) is 11.1 Å². The number of hydrogen-bond donors (Lipinski definition) is 0. The van der Waals surface area contributed by atoms with Crippen molar-refractivity contribution in [2.45, 2.75) is 19.8 Å². The molecular formula is C22H15F2N. The van der Waals surface area contributed by atoms with Crippen LogP contribution in [0.4, 0.5) is 8.78 Å². The molecule has 0 radical (unpaired) electrons. The Bertz CT molecular complexity index is 1040. The minimum atomic E-state index is -0.629. The first-order chi connectivity index (χ1) is 12.1. The zero-order valence-corrected chi connectivity index (χ0v) is 13.7. The third kappa shape index (κ3) is 2.51. The molecule has 1 nitrogen and oxygen atoms in total. The van der Waals surface area contributed by atoms with Gasteiger partial charge in [-0.15, -0.1) is 0 Å². The molecule has 0 spiro atoms. The van der Waals surface area contributed by atoms with E-state index in [1.807, 2.05) is 0 Å². The molecule has 0 fully saturated rings. The third-order valence-corrected chi connectivity index (χ3v) is 4.84. The van der Waals surface area contributed by atoms with E-state index in [0.717, 1.165) is 29.5 Å². The highest BCUT2D eigenvalue weighted by molar-refractivity contribution is 5.81. The average molecular weight is 331 g/mol. The Labute approximate surface area is 145 Å². The lowest BCUT2D eigenvalue weighted by Gasteiger charge is -2.08. The molecule has 1 aliphatic rings. The molecule has 1 aliphatic carbocycles. The summed E-state index contributed by atoms with van der Waals surface area (Å²) in [5.74, 6) is -1.01. The van der Waals surface area contributed by atoms with Crippen LogP contribution in [0.5, 0.6) is 0 Å². The van der Waals surface area contributed by atoms with E-state index in [4.69, 9.17) is 5.26 Å². The lowest BCUT2D eigenvalue weighted by Crippen LogP contribution is -1.91. The summed E-state index contributed by atoms with van der Waals surface area (Å²) in [6.07, 6.45) is 1.72. The van der Waals surface area contributed by atoms with Crippen LogP contribution in [-0.2, 0) is 12.8 Å². The van der Waals surface area contributed by atoms with Gasteiger partial charge in [0.05, 0.1) is 5.56 Å². The number of rotatable bonds is 2. The van der Waals surface area contributed by atoms with Crippen molar-refractivity contribution in [1.82, 2.24) is 0 Å². The van der Waals surface area contributed by atoms with Crippen LogP contribution in [0.3, 0.4) is 0 Å². The molecule has 122 valence electrons.